The molecule has 120 valence electrons. The zero-order valence-electron chi connectivity index (χ0n) is 12.8. The van der Waals surface area contributed by atoms with E-state index < -0.39 is 6.29 Å². The molecule has 0 aliphatic rings. The standard InChI is InChI=1S/C12H22N4O4S/c1-5-7-9(11(17)20-6-2)21-12-13-14-15-16(12)8-10(18-3)19-4/h9-10H,5-8H2,1-4H3. The van der Waals surface area contributed by atoms with Crippen LogP contribution in [-0.4, -0.2) is 58.5 Å². The van der Waals surface area contributed by atoms with Crippen LogP contribution in [0.15, 0.2) is 5.16 Å². The number of aromatic nitrogens is 4. The van der Waals surface area contributed by atoms with E-state index >= 15 is 0 Å². The van der Waals surface area contributed by atoms with Gasteiger partial charge in [0.15, 0.2) is 6.29 Å². The summed E-state index contributed by atoms with van der Waals surface area (Å²) in [6.45, 7) is 4.52. The van der Waals surface area contributed by atoms with Crippen LogP contribution in [0.3, 0.4) is 0 Å². The molecule has 0 aliphatic carbocycles. The SMILES string of the molecule is CCCC(Sc1nnnn1CC(OC)OC)C(=O)OCC. The normalized spacial score (nSPS) is 12.6. The van der Waals surface area contributed by atoms with Crippen LogP contribution < -0.4 is 0 Å². The van der Waals surface area contributed by atoms with Crippen molar-refractivity contribution in [3.8, 4) is 0 Å². The van der Waals surface area contributed by atoms with Crippen LogP contribution in [0.2, 0.25) is 0 Å². The van der Waals surface area contributed by atoms with Crippen LogP contribution in [0.4, 0.5) is 0 Å². The fourth-order valence-corrected chi connectivity index (χ4v) is 2.72. The summed E-state index contributed by atoms with van der Waals surface area (Å²) in [5.41, 5.74) is 0. The fourth-order valence-electron chi connectivity index (χ4n) is 1.63. The van der Waals surface area contributed by atoms with E-state index in [9.17, 15) is 4.79 Å². The average molecular weight is 318 g/mol. The van der Waals surface area contributed by atoms with Gasteiger partial charge in [0.05, 0.1) is 13.2 Å². The van der Waals surface area contributed by atoms with E-state index in [0.717, 1.165) is 6.42 Å². The van der Waals surface area contributed by atoms with Crippen molar-refractivity contribution in [2.24, 2.45) is 0 Å². The molecule has 9 heteroatoms. The molecule has 8 nitrogen and oxygen atoms in total. The summed E-state index contributed by atoms with van der Waals surface area (Å²) in [6, 6.07) is 0. The van der Waals surface area contributed by atoms with Gasteiger partial charge < -0.3 is 14.2 Å². The number of rotatable bonds is 10. The van der Waals surface area contributed by atoms with E-state index in [1.807, 2.05) is 6.92 Å². The first-order chi connectivity index (χ1) is 10.2. The predicted molar refractivity (Wildman–Crippen MR) is 76.8 cm³/mol. The molecule has 0 radical (unpaired) electrons. The van der Waals surface area contributed by atoms with Crippen molar-refractivity contribution in [2.75, 3.05) is 20.8 Å². The molecule has 0 saturated carbocycles. The van der Waals surface area contributed by atoms with Gasteiger partial charge in [0.2, 0.25) is 5.16 Å². The number of hydrogen-bond donors (Lipinski definition) is 0. The van der Waals surface area contributed by atoms with Crippen LogP contribution in [0.5, 0.6) is 0 Å². The summed E-state index contributed by atoms with van der Waals surface area (Å²) in [7, 11) is 3.09. The van der Waals surface area contributed by atoms with Gasteiger partial charge in [-0.15, -0.1) is 5.10 Å². The quantitative estimate of drug-likeness (QED) is 0.360. The zero-order chi connectivity index (χ0) is 15.7. The van der Waals surface area contributed by atoms with Crippen molar-refractivity contribution in [1.82, 2.24) is 20.2 Å². The highest BCUT2D eigenvalue weighted by atomic mass is 32.2. The molecule has 0 bridgehead atoms. The Hall–Kier alpha value is -1.19. The Morgan fingerprint density at radius 1 is 1.33 bits per heavy atom. The smallest absolute Gasteiger partial charge is 0.319 e. The summed E-state index contributed by atoms with van der Waals surface area (Å²) < 4.78 is 16.9. The van der Waals surface area contributed by atoms with Crippen LogP contribution >= 0.6 is 11.8 Å². The Balaban J connectivity index is 2.75. The van der Waals surface area contributed by atoms with Crippen LogP contribution in [0.25, 0.3) is 0 Å². The van der Waals surface area contributed by atoms with E-state index in [1.54, 1.807) is 25.8 Å². The van der Waals surface area contributed by atoms with E-state index in [1.165, 1.54) is 11.8 Å². The minimum Gasteiger partial charge on any atom is -0.465 e. The molecule has 21 heavy (non-hydrogen) atoms. The number of esters is 1. The molecule has 0 N–H and O–H groups in total. The maximum Gasteiger partial charge on any atom is 0.319 e. The molecule has 0 amide bonds. The highest BCUT2D eigenvalue weighted by Crippen LogP contribution is 2.25. The summed E-state index contributed by atoms with van der Waals surface area (Å²) in [5.74, 6) is -0.242. The molecule has 0 aliphatic heterocycles. The largest absolute Gasteiger partial charge is 0.465 e. The van der Waals surface area contributed by atoms with E-state index in [4.69, 9.17) is 14.2 Å². The molecule has 1 unspecified atom stereocenters. The number of thioether (sulfide) groups is 1. The molecule has 0 spiro atoms. The molecule has 1 atom stereocenters. The Kier molecular flexibility index (Phi) is 8.24. The lowest BCUT2D eigenvalue weighted by Gasteiger charge is -2.16. The summed E-state index contributed by atoms with van der Waals surface area (Å²) in [6.07, 6.45) is 1.13. The Labute approximate surface area is 128 Å². The van der Waals surface area contributed by atoms with E-state index in [0.29, 0.717) is 24.7 Å². The van der Waals surface area contributed by atoms with Crippen molar-refractivity contribution in [1.29, 1.82) is 0 Å². The Bertz CT molecular complexity index is 425. The van der Waals surface area contributed by atoms with Gasteiger partial charge in [-0.2, -0.15) is 0 Å². The van der Waals surface area contributed by atoms with Crippen LogP contribution in [-0.2, 0) is 25.5 Å². The lowest BCUT2D eigenvalue weighted by Crippen LogP contribution is -2.24. The third kappa shape index (κ3) is 5.60. The number of nitrogens with zero attached hydrogens (tertiary/aromatic N) is 4. The lowest BCUT2D eigenvalue weighted by molar-refractivity contribution is -0.142. The van der Waals surface area contributed by atoms with Gasteiger partial charge in [-0.1, -0.05) is 25.1 Å². The van der Waals surface area contributed by atoms with E-state index in [2.05, 4.69) is 15.5 Å². The third-order valence-electron chi connectivity index (χ3n) is 2.69. The van der Waals surface area contributed by atoms with Crippen molar-refractivity contribution in [2.45, 2.75) is 49.9 Å². The summed E-state index contributed by atoms with van der Waals surface area (Å²) >= 11 is 1.30. The minimum absolute atomic E-state index is 0.242. The third-order valence-corrected chi connectivity index (χ3v) is 3.91. The monoisotopic (exact) mass is 318 g/mol. The Morgan fingerprint density at radius 3 is 2.62 bits per heavy atom. The Morgan fingerprint density at radius 2 is 2.05 bits per heavy atom. The number of ether oxygens (including phenoxy) is 3. The second-order valence-electron chi connectivity index (χ2n) is 4.19. The first-order valence-electron chi connectivity index (χ1n) is 6.81. The zero-order valence-corrected chi connectivity index (χ0v) is 13.6. The maximum absolute atomic E-state index is 11.9. The van der Waals surface area contributed by atoms with E-state index in [-0.39, 0.29) is 11.2 Å². The second-order valence-corrected chi connectivity index (χ2v) is 5.36. The second kappa shape index (κ2) is 9.69. The van der Waals surface area contributed by atoms with Crippen LogP contribution in [0, 0.1) is 0 Å². The van der Waals surface area contributed by atoms with Gasteiger partial charge in [-0.3, -0.25) is 4.79 Å². The average Bonchev–Trinajstić information content (AvgIpc) is 2.91. The molecular weight excluding hydrogens is 296 g/mol. The van der Waals surface area contributed by atoms with Gasteiger partial charge in [0, 0.05) is 14.2 Å². The molecule has 1 aromatic heterocycles. The highest BCUT2D eigenvalue weighted by Gasteiger charge is 2.24. The number of carbonyl (C=O) groups excluding carboxylic acids is 1. The van der Waals surface area contributed by atoms with Crippen molar-refractivity contribution in [3.05, 3.63) is 0 Å². The van der Waals surface area contributed by atoms with Gasteiger partial charge in [-0.25, -0.2) is 4.68 Å². The van der Waals surface area contributed by atoms with Gasteiger partial charge in [-0.05, 0) is 23.8 Å². The minimum atomic E-state index is -0.444. The fraction of sp³-hybridized carbons (Fsp3) is 0.833. The molecule has 1 rings (SSSR count). The first-order valence-corrected chi connectivity index (χ1v) is 7.69. The summed E-state index contributed by atoms with van der Waals surface area (Å²) in [5, 5.41) is 11.7. The number of methoxy groups -OCH3 is 2. The molecule has 1 aromatic rings. The molecule has 0 fully saturated rings. The van der Waals surface area contributed by atoms with Gasteiger partial charge in [0.1, 0.15) is 5.25 Å². The maximum atomic E-state index is 11.9. The topological polar surface area (TPSA) is 88.4 Å². The summed E-state index contributed by atoms with van der Waals surface area (Å²) in [4.78, 5) is 11.9. The number of tetrazole rings is 1. The number of carbonyl (C=O) groups is 1. The van der Waals surface area contributed by atoms with Crippen molar-refractivity contribution in [3.63, 3.8) is 0 Å². The van der Waals surface area contributed by atoms with Crippen molar-refractivity contribution < 1.29 is 19.0 Å². The first kappa shape index (κ1) is 17.9. The molecule has 0 saturated heterocycles. The lowest BCUT2D eigenvalue weighted by atomic mass is 10.2. The van der Waals surface area contributed by atoms with Gasteiger partial charge in [0.25, 0.3) is 0 Å². The molecule has 1 heterocycles. The van der Waals surface area contributed by atoms with Crippen molar-refractivity contribution >= 4 is 17.7 Å². The van der Waals surface area contributed by atoms with Crippen LogP contribution in [0.1, 0.15) is 26.7 Å². The predicted octanol–water partition coefficient (Wildman–Crippen LogP) is 1.12. The van der Waals surface area contributed by atoms with Gasteiger partial charge >= 0.3 is 5.97 Å². The number of hydrogen-bond acceptors (Lipinski definition) is 8. The highest BCUT2D eigenvalue weighted by molar-refractivity contribution is 8.00. The molecule has 0 aromatic carbocycles. The molecular formula is C12H22N4O4S.